The second kappa shape index (κ2) is 10.6. The number of anilines is 2. The van der Waals surface area contributed by atoms with Gasteiger partial charge in [-0.3, -0.25) is 9.59 Å². The maximum atomic E-state index is 13.8. The molecule has 2 aromatic heterocycles. The van der Waals surface area contributed by atoms with E-state index in [1.165, 1.54) is 6.20 Å². The molecule has 1 aliphatic heterocycles. The summed E-state index contributed by atoms with van der Waals surface area (Å²) in [4.78, 5) is 35.9. The predicted molar refractivity (Wildman–Crippen MR) is 121 cm³/mol. The van der Waals surface area contributed by atoms with Crippen LogP contribution in [0.2, 0.25) is 0 Å². The predicted octanol–water partition coefficient (Wildman–Crippen LogP) is 2.17. The van der Waals surface area contributed by atoms with Gasteiger partial charge in [-0.1, -0.05) is 0 Å². The number of fused-ring (bicyclic) bond motifs is 1. The van der Waals surface area contributed by atoms with Gasteiger partial charge in [0.2, 0.25) is 11.9 Å². The van der Waals surface area contributed by atoms with Gasteiger partial charge >= 0.3 is 6.18 Å². The van der Waals surface area contributed by atoms with Crippen molar-refractivity contribution in [1.82, 2.24) is 25.1 Å². The van der Waals surface area contributed by atoms with Crippen LogP contribution in [0.4, 0.5) is 33.6 Å². The zero-order chi connectivity index (χ0) is 26.8. The molecule has 2 aliphatic rings. The van der Waals surface area contributed by atoms with E-state index >= 15 is 0 Å². The number of aromatic amines is 1. The second-order valence-electron chi connectivity index (χ2n) is 8.96. The van der Waals surface area contributed by atoms with Crippen LogP contribution in [0.3, 0.4) is 0 Å². The Morgan fingerprint density at radius 2 is 1.97 bits per heavy atom. The van der Waals surface area contributed by atoms with Gasteiger partial charge in [0.15, 0.2) is 0 Å². The van der Waals surface area contributed by atoms with Crippen molar-refractivity contribution in [3.05, 3.63) is 39.6 Å². The molecule has 1 unspecified atom stereocenters. The number of alkyl halides is 5. The average molecular weight is 531 g/mol. The van der Waals surface area contributed by atoms with Crippen LogP contribution in [0.1, 0.15) is 36.6 Å². The van der Waals surface area contributed by atoms with Gasteiger partial charge in [0.1, 0.15) is 5.56 Å². The van der Waals surface area contributed by atoms with Gasteiger partial charge in [-0.2, -0.15) is 18.3 Å². The smallest absolute Gasteiger partial charge is 0.379 e. The number of carbonyl (C=O) groups is 1. The standard InChI is InChI=1S/C22H26F5N7O3/c1-13(30-16-11-29-32-19(36)18(16)22(25,26)27)12-37-9-3-17(35)33-5-7-34(8-6-33)20-28-10-14-15(31-20)2-4-21(14,23)24/h10-11,13H,2-9,12H2,1H3,(H2,30,32,36). The average Bonchev–Trinajstić information content (AvgIpc) is 3.15. The normalized spacial score (nSPS) is 18.0. The maximum Gasteiger partial charge on any atom is 0.423 e. The van der Waals surface area contributed by atoms with E-state index in [9.17, 15) is 31.5 Å². The van der Waals surface area contributed by atoms with Crippen LogP contribution in [0, 0.1) is 0 Å². The molecular formula is C22H26F5N7O3. The molecule has 1 aliphatic carbocycles. The molecule has 15 heteroatoms. The molecule has 2 N–H and O–H groups in total. The molecular weight excluding hydrogens is 505 g/mol. The summed E-state index contributed by atoms with van der Waals surface area (Å²) < 4.78 is 72.4. The third-order valence-corrected chi connectivity index (χ3v) is 6.21. The largest absolute Gasteiger partial charge is 0.423 e. The number of nitrogens with one attached hydrogen (secondary N) is 2. The monoisotopic (exact) mass is 531 g/mol. The fourth-order valence-corrected chi connectivity index (χ4v) is 4.29. The molecule has 2 aromatic rings. The Kier molecular flexibility index (Phi) is 7.62. The van der Waals surface area contributed by atoms with Crippen LogP contribution in [-0.2, 0) is 28.1 Å². The Balaban J connectivity index is 1.19. The van der Waals surface area contributed by atoms with E-state index < -0.39 is 35.0 Å². The number of nitrogens with zero attached hydrogens (tertiary/aromatic N) is 5. The molecule has 1 saturated heterocycles. The van der Waals surface area contributed by atoms with Crippen molar-refractivity contribution < 1.29 is 31.5 Å². The molecule has 4 rings (SSSR count). The number of aromatic nitrogens is 4. The number of hydrogen-bond donors (Lipinski definition) is 2. The highest BCUT2D eigenvalue weighted by molar-refractivity contribution is 5.76. The van der Waals surface area contributed by atoms with Gasteiger partial charge in [0.25, 0.3) is 11.5 Å². The molecule has 10 nitrogen and oxygen atoms in total. The highest BCUT2D eigenvalue weighted by atomic mass is 19.4. The lowest BCUT2D eigenvalue weighted by molar-refractivity contribution is -0.138. The van der Waals surface area contributed by atoms with Gasteiger partial charge < -0.3 is 19.9 Å². The molecule has 1 atom stereocenters. The summed E-state index contributed by atoms with van der Waals surface area (Å²) in [5, 5.41) is 7.73. The van der Waals surface area contributed by atoms with E-state index in [2.05, 4.69) is 20.4 Å². The van der Waals surface area contributed by atoms with Crippen LogP contribution in [-0.4, -0.2) is 76.4 Å². The maximum absolute atomic E-state index is 13.8. The van der Waals surface area contributed by atoms with Gasteiger partial charge in [-0.25, -0.2) is 23.8 Å². The third kappa shape index (κ3) is 6.14. The lowest BCUT2D eigenvalue weighted by Crippen LogP contribution is -2.49. The second-order valence-corrected chi connectivity index (χ2v) is 8.96. The zero-order valence-corrected chi connectivity index (χ0v) is 19.9. The van der Waals surface area contributed by atoms with Crippen molar-refractivity contribution in [1.29, 1.82) is 0 Å². The lowest BCUT2D eigenvalue weighted by Gasteiger charge is -2.35. The van der Waals surface area contributed by atoms with E-state index in [4.69, 9.17) is 4.74 Å². The van der Waals surface area contributed by atoms with Crippen LogP contribution in [0.5, 0.6) is 0 Å². The summed E-state index contributed by atoms with van der Waals surface area (Å²) >= 11 is 0. The fraction of sp³-hybridized carbons (Fsp3) is 0.591. The lowest BCUT2D eigenvalue weighted by atomic mass is 10.2. The van der Waals surface area contributed by atoms with Crippen molar-refractivity contribution >= 4 is 17.5 Å². The van der Waals surface area contributed by atoms with E-state index in [1.54, 1.807) is 16.9 Å². The van der Waals surface area contributed by atoms with Crippen molar-refractivity contribution in [3.8, 4) is 0 Å². The number of piperazine rings is 1. The van der Waals surface area contributed by atoms with Crippen LogP contribution < -0.4 is 15.8 Å². The van der Waals surface area contributed by atoms with Crippen LogP contribution in [0.15, 0.2) is 17.2 Å². The molecule has 0 saturated carbocycles. The van der Waals surface area contributed by atoms with E-state index in [0.717, 1.165) is 6.20 Å². The zero-order valence-electron chi connectivity index (χ0n) is 19.9. The minimum Gasteiger partial charge on any atom is -0.379 e. The summed E-state index contributed by atoms with van der Waals surface area (Å²) in [6.45, 7) is 3.35. The van der Waals surface area contributed by atoms with Gasteiger partial charge in [-0.15, -0.1) is 0 Å². The number of rotatable bonds is 8. The molecule has 202 valence electrons. The minimum atomic E-state index is -4.85. The summed E-state index contributed by atoms with van der Waals surface area (Å²) in [6, 6.07) is -0.587. The highest BCUT2D eigenvalue weighted by Crippen LogP contribution is 2.40. The van der Waals surface area contributed by atoms with Crippen molar-refractivity contribution in [3.63, 3.8) is 0 Å². The number of aryl methyl sites for hydroxylation is 1. The molecule has 37 heavy (non-hydrogen) atoms. The number of ether oxygens (including phenoxy) is 1. The molecule has 0 radical (unpaired) electrons. The Morgan fingerprint density at radius 3 is 2.68 bits per heavy atom. The first-order valence-electron chi connectivity index (χ1n) is 11.7. The quantitative estimate of drug-likeness (QED) is 0.394. The van der Waals surface area contributed by atoms with Crippen LogP contribution in [0.25, 0.3) is 0 Å². The topological polar surface area (TPSA) is 116 Å². The number of H-pyrrole nitrogens is 1. The van der Waals surface area contributed by atoms with Crippen molar-refractivity contribution in [2.24, 2.45) is 0 Å². The van der Waals surface area contributed by atoms with Gasteiger partial charge in [0, 0.05) is 44.8 Å². The molecule has 0 aromatic carbocycles. The van der Waals surface area contributed by atoms with Gasteiger partial charge in [-0.05, 0) is 13.3 Å². The Labute approximate surface area is 208 Å². The third-order valence-electron chi connectivity index (χ3n) is 6.21. The van der Waals surface area contributed by atoms with E-state index in [1.807, 2.05) is 4.90 Å². The first-order chi connectivity index (χ1) is 17.5. The van der Waals surface area contributed by atoms with Crippen molar-refractivity contribution in [2.75, 3.05) is 49.6 Å². The molecule has 1 fully saturated rings. The molecule has 0 spiro atoms. The summed E-state index contributed by atoms with van der Waals surface area (Å²) in [7, 11) is 0. The number of halogens is 5. The van der Waals surface area contributed by atoms with Crippen LogP contribution >= 0.6 is 0 Å². The summed E-state index contributed by atoms with van der Waals surface area (Å²) in [5.41, 5.74) is -2.93. The van der Waals surface area contributed by atoms with E-state index in [-0.39, 0.29) is 43.9 Å². The number of amides is 1. The first-order valence-corrected chi connectivity index (χ1v) is 11.7. The number of carbonyl (C=O) groups excluding carboxylic acids is 1. The number of hydrogen-bond acceptors (Lipinski definition) is 8. The van der Waals surface area contributed by atoms with Crippen molar-refractivity contribution in [2.45, 2.75) is 44.3 Å². The highest BCUT2D eigenvalue weighted by Gasteiger charge is 2.41. The SMILES string of the molecule is CC(COCCC(=O)N1CCN(c2ncc3c(n2)CCC3(F)F)CC1)Nc1cn[nH]c(=O)c1C(F)(F)F. The van der Waals surface area contributed by atoms with E-state index in [0.29, 0.717) is 37.8 Å². The Bertz CT molecular complexity index is 1180. The summed E-state index contributed by atoms with van der Waals surface area (Å²) in [5.74, 6) is -2.66. The fourth-order valence-electron chi connectivity index (χ4n) is 4.29. The molecule has 1 amide bonds. The first kappa shape index (κ1) is 26.7. The minimum absolute atomic E-state index is 0.000132. The molecule has 3 heterocycles. The Morgan fingerprint density at radius 1 is 1.24 bits per heavy atom. The molecule has 0 bridgehead atoms. The Hall–Kier alpha value is -3.36. The van der Waals surface area contributed by atoms with Gasteiger partial charge in [0.05, 0.1) is 42.8 Å². The summed E-state index contributed by atoms with van der Waals surface area (Å²) in [6.07, 6.45) is -2.76.